The average Bonchev–Trinajstić information content (AvgIpc) is 1.49. The Morgan fingerprint density at radius 2 is 1.25 bits per heavy atom. The topological polar surface area (TPSA) is 71.5 Å². The van der Waals surface area contributed by atoms with E-state index in [2.05, 4.69) is 0 Å². The van der Waals surface area contributed by atoms with Crippen LogP contribution < -0.4 is 0 Å². The van der Waals surface area contributed by atoms with Gasteiger partial charge in [0.05, 0.1) is 0 Å². The second-order valence-corrected chi connectivity index (χ2v) is 13.0. The van der Waals surface area contributed by atoms with Crippen LogP contribution in [0.5, 0.6) is 0 Å². The Morgan fingerprint density at radius 3 is 1.25 bits per heavy atom. The molecule has 0 N–H and O–H groups in total. The predicted molar refractivity (Wildman–Crippen MR) is 49.0 cm³/mol. The van der Waals surface area contributed by atoms with Gasteiger partial charge in [-0.05, 0) is 0 Å². The summed E-state index contributed by atoms with van der Waals surface area (Å²) >= 11 is -3.00. The molecule has 0 saturated heterocycles. The van der Waals surface area contributed by atoms with Crippen LogP contribution in [0.15, 0.2) is 0 Å². The van der Waals surface area contributed by atoms with Gasteiger partial charge in [0.15, 0.2) is 0 Å². The summed E-state index contributed by atoms with van der Waals surface area (Å²) in [4.78, 5) is 0. The molecule has 0 aliphatic rings. The van der Waals surface area contributed by atoms with E-state index < -0.39 is 33.0 Å². The number of nitrogens with zero attached hydrogens (tertiary/aromatic N) is 1. The molecular formula is C2H6AsCl2NO4S2. The monoisotopic (exact) mass is 317 g/mol. The van der Waals surface area contributed by atoms with E-state index in [1.54, 1.807) is 0 Å². The molecule has 0 fully saturated rings. The van der Waals surface area contributed by atoms with Gasteiger partial charge < -0.3 is 0 Å². The summed E-state index contributed by atoms with van der Waals surface area (Å²) in [6, 6.07) is 0. The van der Waals surface area contributed by atoms with Crippen molar-refractivity contribution in [1.29, 1.82) is 0 Å². The van der Waals surface area contributed by atoms with Crippen LogP contribution in [0, 0.1) is 0 Å². The van der Waals surface area contributed by atoms with Crippen molar-refractivity contribution < 1.29 is 16.8 Å². The number of hydrogen-bond acceptors (Lipinski definition) is 4. The Hall–Kier alpha value is 0.998. The molecule has 74 valence electrons. The molecule has 5 nitrogen and oxygen atoms in total. The quantitative estimate of drug-likeness (QED) is 0.668. The fraction of sp³-hybridized carbons (Fsp3) is 1.00. The van der Waals surface area contributed by atoms with Gasteiger partial charge in [-0.3, -0.25) is 0 Å². The first-order chi connectivity index (χ1) is 5.07. The molecule has 0 bridgehead atoms. The summed E-state index contributed by atoms with van der Waals surface area (Å²) in [5.74, 6) is 0. The van der Waals surface area contributed by atoms with Crippen LogP contribution in [0.1, 0.15) is 0 Å². The van der Waals surface area contributed by atoms with Crippen molar-refractivity contribution in [3.05, 3.63) is 0 Å². The molecule has 0 aliphatic carbocycles. The molecule has 0 saturated carbocycles. The van der Waals surface area contributed by atoms with Gasteiger partial charge in [0.1, 0.15) is 0 Å². The van der Waals surface area contributed by atoms with Gasteiger partial charge in [0, 0.05) is 0 Å². The van der Waals surface area contributed by atoms with E-state index in [4.69, 9.17) is 19.9 Å². The van der Waals surface area contributed by atoms with Crippen LogP contribution in [0.2, 0.25) is 0 Å². The van der Waals surface area contributed by atoms with Crippen molar-refractivity contribution in [3.63, 3.8) is 0 Å². The Morgan fingerprint density at radius 1 is 1.00 bits per heavy atom. The second kappa shape index (κ2) is 4.02. The van der Waals surface area contributed by atoms with Crippen molar-refractivity contribution in [1.82, 2.24) is 2.63 Å². The molecule has 0 spiro atoms. The Balaban J connectivity index is 5.26. The Bertz CT molecular complexity index is 315. The summed E-state index contributed by atoms with van der Waals surface area (Å²) in [6.45, 7) is 0. The molecule has 0 unspecified atom stereocenters. The summed E-state index contributed by atoms with van der Waals surface area (Å²) in [5.41, 5.74) is 0. The summed E-state index contributed by atoms with van der Waals surface area (Å²) < 4.78 is 43.5. The third kappa shape index (κ3) is 3.81. The van der Waals surface area contributed by atoms with E-state index in [1.165, 1.54) is 0 Å². The first-order valence-electron chi connectivity index (χ1n) is 2.39. The Labute approximate surface area is 84.5 Å². The molecule has 0 aliphatic heterocycles. The van der Waals surface area contributed by atoms with Gasteiger partial charge in [-0.25, -0.2) is 0 Å². The maximum atomic E-state index is 10.8. The maximum absolute atomic E-state index is 10.8. The first kappa shape index (κ1) is 13.0. The zero-order chi connectivity index (χ0) is 10.2. The predicted octanol–water partition coefficient (Wildman–Crippen LogP) is -0.330. The second-order valence-electron chi connectivity index (χ2n) is 1.92. The van der Waals surface area contributed by atoms with E-state index in [1.807, 2.05) is 0 Å². The molecule has 0 radical (unpaired) electrons. The van der Waals surface area contributed by atoms with Gasteiger partial charge in [-0.2, -0.15) is 0 Å². The van der Waals surface area contributed by atoms with Crippen LogP contribution in [0.3, 0.4) is 0 Å². The zero-order valence-corrected chi connectivity index (χ0v) is 11.1. The van der Waals surface area contributed by atoms with Gasteiger partial charge in [0.2, 0.25) is 0 Å². The van der Waals surface area contributed by atoms with Crippen LogP contribution in [0.4, 0.5) is 0 Å². The average molecular weight is 318 g/mol. The summed E-state index contributed by atoms with van der Waals surface area (Å²) in [6.07, 6.45) is 1.47. The molecular weight excluding hydrogens is 312 g/mol. The number of rotatable bonds is 3. The fourth-order valence-corrected chi connectivity index (χ4v) is 12.7. The first-order valence-corrected chi connectivity index (χ1v) is 11.9. The fourth-order valence-electron chi connectivity index (χ4n) is 0.470. The molecule has 0 aromatic heterocycles. The zero-order valence-electron chi connectivity index (χ0n) is 6.10. The van der Waals surface area contributed by atoms with Crippen LogP contribution >= 0.6 is 19.9 Å². The van der Waals surface area contributed by atoms with Crippen molar-refractivity contribution in [2.75, 3.05) is 12.5 Å². The van der Waals surface area contributed by atoms with Crippen LogP contribution in [0.25, 0.3) is 0 Å². The van der Waals surface area contributed by atoms with E-state index in [9.17, 15) is 16.8 Å². The molecule has 0 rings (SSSR count). The molecule has 10 heteroatoms. The van der Waals surface area contributed by atoms with Gasteiger partial charge in [0.25, 0.3) is 0 Å². The van der Waals surface area contributed by atoms with Gasteiger partial charge >= 0.3 is 84.9 Å². The molecule has 0 heterocycles. The number of sulfonamides is 2. The normalized spacial score (nSPS) is 14.2. The molecule has 0 aromatic carbocycles. The third-order valence-electron chi connectivity index (χ3n) is 0.691. The van der Waals surface area contributed by atoms with Gasteiger partial charge in [-0.15, -0.1) is 0 Å². The van der Waals surface area contributed by atoms with E-state index in [-0.39, 0.29) is 2.63 Å². The minimum absolute atomic E-state index is 0.163. The molecule has 12 heavy (non-hydrogen) atoms. The van der Waals surface area contributed by atoms with E-state index in [0.29, 0.717) is 0 Å². The van der Waals surface area contributed by atoms with Crippen LogP contribution in [-0.4, -0.2) is 45.0 Å². The van der Waals surface area contributed by atoms with E-state index in [0.717, 1.165) is 12.5 Å². The van der Waals surface area contributed by atoms with Crippen molar-refractivity contribution >= 4 is 52.9 Å². The number of hydrogen-bond donors (Lipinski definition) is 0. The number of halogens is 2. The summed E-state index contributed by atoms with van der Waals surface area (Å²) in [7, 11) is 2.83. The van der Waals surface area contributed by atoms with Crippen molar-refractivity contribution in [2.45, 2.75) is 0 Å². The van der Waals surface area contributed by atoms with Crippen molar-refractivity contribution in [2.24, 2.45) is 0 Å². The molecule has 0 atom stereocenters. The van der Waals surface area contributed by atoms with Crippen LogP contribution in [-0.2, 0) is 20.0 Å². The molecule has 0 aromatic rings. The SMILES string of the molecule is CS(=O)(=O)N([As](Cl)Cl)S(C)(=O)=O. The standard InChI is InChI=1S/C2H6AsCl2NO4S2/c1-11(7,8)6(3(4)5)12(2,9)10/h1-2H3. The molecule has 0 amide bonds. The minimum atomic E-state index is -3.88. The van der Waals surface area contributed by atoms with Crippen molar-refractivity contribution in [3.8, 4) is 0 Å². The van der Waals surface area contributed by atoms with Gasteiger partial charge in [-0.1, -0.05) is 0 Å². The van der Waals surface area contributed by atoms with E-state index >= 15 is 0 Å². The Kier molecular flexibility index (Phi) is 4.36. The third-order valence-corrected chi connectivity index (χ3v) is 12.8. The summed E-state index contributed by atoms with van der Waals surface area (Å²) in [5, 5.41) is 0.